The van der Waals surface area contributed by atoms with Crippen LogP contribution in [0.15, 0.2) is 53.9 Å². The molecule has 2 aromatic carbocycles. The van der Waals surface area contributed by atoms with E-state index in [-0.39, 0.29) is 0 Å². The molecule has 0 aliphatic carbocycles. The van der Waals surface area contributed by atoms with Gasteiger partial charge in [0.1, 0.15) is 0 Å². The zero-order chi connectivity index (χ0) is 11.7. The largest absolute Gasteiger partial charge is 0.298 e. The summed E-state index contributed by atoms with van der Waals surface area (Å²) < 4.78 is 1.25. The smallest absolute Gasteiger partial charge is 0.150 e. The summed E-state index contributed by atoms with van der Waals surface area (Å²) in [6.07, 6.45) is 0.918. The molecule has 2 heteroatoms. The van der Waals surface area contributed by atoms with Crippen LogP contribution in [0.1, 0.15) is 10.4 Å². The second-order valence-electron chi connectivity index (χ2n) is 3.85. The van der Waals surface area contributed by atoms with Crippen molar-refractivity contribution in [3.05, 3.63) is 59.5 Å². The first-order valence-electron chi connectivity index (χ1n) is 5.41. The lowest BCUT2D eigenvalue weighted by atomic mass is 10.00. The summed E-state index contributed by atoms with van der Waals surface area (Å²) in [5.74, 6) is 0. The number of hydrogen-bond donors (Lipinski definition) is 0. The van der Waals surface area contributed by atoms with E-state index in [9.17, 15) is 4.79 Å². The van der Waals surface area contributed by atoms with Gasteiger partial charge in [0.05, 0.1) is 0 Å². The topological polar surface area (TPSA) is 17.1 Å². The Bertz CT molecular complexity index is 682. The van der Waals surface area contributed by atoms with Crippen LogP contribution in [-0.4, -0.2) is 6.29 Å². The monoisotopic (exact) mass is 238 g/mol. The zero-order valence-electron chi connectivity index (χ0n) is 9.09. The van der Waals surface area contributed by atoms with Gasteiger partial charge in [-0.3, -0.25) is 4.79 Å². The Balaban J connectivity index is 2.31. The number of hydrogen-bond acceptors (Lipinski definition) is 2. The van der Waals surface area contributed by atoms with Gasteiger partial charge >= 0.3 is 0 Å². The second-order valence-corrected chi connectivity index (χ2v) is 4.76. The van der Waals surface area contributed by atoms with Gasteiger partial charge in [-0.2, -0.15) is 0 Å². The molecule has 0 unspecified atom stereocenters. The summed E-state index contributed by atoms with van der Waals surface area (Å²) in [7, 11) is 0. The number of carbonyl (C=O) groups is 1. The van der Waals surface area contributed by atoms with E-state index in [0.29, 0.717) is 0 Å². The summed E-state index contributed by atoms with van der Waals surface area (Å²) in [5.41, 5.74) is 2.91. The molecular weight excluding hydrogens is 228 g/mol. The highest BCUT2D eigenvalue weighted by Gasteiger charge is 2.08. The van der Waals surface area contributed by atoms with E-state index < -0.39 is 0 Å². The van der Waals surface area contributed by atoms with Crippen LogP contribution < -0.4 is 0 Å². The Labute approximate surface area is 103 Å². The van der Waals surface area contributed by atoms with Gasteiger partial charge in [-0.1, -0.05) is 42.5 Å². The van der Waals surface area contributed by atoms with Crippen LogP contribution in [0.25, 0.3) is 21.2 Å². The van der Waals surface area contributed by atoms with E-state index in [0.717, 1.165) is 23.0 Å². The summed E-state index contributed by atoms with van der Waals surface area (Å²) in [5, 5.41) is 3.33. The molecule has 1 heterocycles. The van der Waals surface area contributed by atoms with Crippen LogP contribution in [0.3, 0.4) is 0 Å². The molecule has 0 radical (unpaired) electrons. The Morgan fingerprint density at radius 2 is 1.65 bits per heavy atom. The fourth-order valence-corrected chi connectivity index (χ4v) is 2.99. The van der Waals surface area contributed by atoms with E-state index in [1.165, 1.54) is 10.1 Å². The molecule has 0 aliphatic rings. The lowest BCUT2D eigenvalue weighted by Crippen LogP contribution is -1.85. The molecule has 17 heavy (non-hydrogen) atoms. The minimum atomic E-state index is 0.746. The standard InChI is InChI=1S/C15H10OS/c16-9-11-5-1-2-6-12(11)14-10-17-15-8-4-3-7-13(14)15/h1-10H. The summed E-state index contributed by atoms with van der Waals surface area (Å²) in [4.78, 5) is 11.1. The van der Waals surface area contributed by atoms with E-state index in [1.54, 1.807) is 11.3 Å². The molecule has 82 valence electrons. The molecule has 0 fully saturated rings. The lowest BCUT2D eigenvalue weighted by Gasteiger charge is -2.02. The number of rotatable bonds is 2. The molecular formula is C15H10OS. The third kappa shape index (κ3) is 1.67. The van der Waals surface area contributed by atoms with Crippen molar-refractivity contribution in [2.24, 2.45) is 0 Å². The van der Waals surface area contributed by atoms with Crippen molar-refractivity contribution in [3.63, 3.8) is 0 Å². The zero-order valence-corrected chi connectivity index (χ0v) is 9.91. The molecule has 3 rings (SSSR count). The van der Waals surface area contributed by atoms with Crippen LogP contribution in [0.5, 0.6) is 0 Å². The predicted octanol–water partition coefficient (Wildman–Crippen LogP) is 4.38. The van der Waals surface area contributed by atoms with E-state index in [4.69, 9.17) is 0 Å². The Morgan fingerprint density at radius 1 is 0.882 bits per heavy atom. The first-order valence-corrected chi connectivity index (χ1v) is 6.29. The first-order chi connectivity index (χ1) is 8.40. The highest BCUT2D eigenvalue weighted by Crippen LogP contribution is 2.34. The van der Waals surface area contributed by atoms with E-state index in [2.05, 4.69) is 17.5 Å². The maximum atomic E-state index is 11.1. The molecule has 0 aliphatic heterocycles. The van der Waals surface area contributed by atoms with Crippen molar-refractivity contribution < 1.29 is 4.79 Å². The van der Waals surface area contributed by atoms with Crippen molar-refractivity contribution in [1.82, 2.24) is 0 Å². The van der Waals surface area contributed by atoms with Crippen molar-refractivity contribution in [2.75, 3.05) is 0 Å². The quantitative estimate of drug-likeness (QED) is 0.605. The fraction of sp³-hybridized carbons (Fsp3) is 0. The maximum Gasteiger partial charge on any atom is 0.150 e. The van der Waals surface area contributed by atoms with Gasteiger partial charge in [0.25, 0.3) is 0 Å². The van der Waals surface area contributed by atoms with Crippen molar-refractivity contribution in [2.45, 2.75) is 0 Å². The van der Waals surface area contributed by atoms with Crippen LogP contribution in [0, 0.1) is 0 Å². The molecule has 0 N–H and O–H groups in total. The Morgan fingerprint density at radius 3 is 2.53 bits per heavy atom. The molecule has 0 atom stereocenters. The molecule has 0 saturated carbocycles. The average molecular weight is 238 g/mol. The van der Waals surface area contributed by atoms with Crippen LogP contribution in [0.2, 0.25) is 0 Å². The third-order valence-electron chi connectivity index (χ3n) is 2.86. The van der Waals surface area contributed by atoms with Crippen LogP contribution in [-0.2, 0) is 0 Å². The molecule has 1 nitrogen and oxygen atoms in total. The molecule has 0 amide bonds. The third-order valence-corrected chi connectivity index (χ3v) is 3.82. The lowest BCUT2D eigenvalue weighted by molar-refractivity contribution is 0.112. The summed E-state index contributed by atoms with van der Waals surface area (Å²) in [6.45, 7) is 0. The van der Waals surface area contributed by atoms with Gasteiger partial charge < -0.3 is 0 Å². The van der Waals surface area contributed by atoms with E-state index in [1.807, 2.05) is 36.4 Å². The minimum Gasteiger partial charge on any atom is -0.298 e. The van der Waals surface area contributed by atoms with Gasteiger partial charge in [-0.15, -0.1) is 11.3 Å². The fourth-order valence-electron chi connectivity index (χ4n) is 2.03. The molecule has 0 bridgehead atoms. The summed E-state index contributed by atoms with van der Waals surface area (Å²) >= 11 is 1.71. The van der Waals surface area contributed by atoms with Gasteiger partial charge in [0.15, 0.2) is 6.29 Å². The predicted molar refractivity (Wildman–Crippen MR) is 72.6 cm³/mol. The molecule has 0 spiro atoms. The summed E-state index contributed by atoms with van der Waals surface area (Å²) in [6, 6.07) is 16.0. The van der Waals surface area contributed by atoms with E-state index >= 15 is 0 Å². The van der Waals surface area contributed by atoms with Gasteiger partial charge in [0.2, 0.25) is 0 Å². The minimum absolute atomic E-state index is 0.746. The van der Waals surface area contributed by atoms with Gasteiger partial charge in [-0.05, 0) is 17.0 Å². The highest BCUT2D eigenvalue weighted by atomic mass is 32.1. The van der Waals surface area contributed by atoms with Crippen molar-refractivity contribution in [1.29, 1.82) is 0 Å². The SMILES string of the molecule is O=Cc1ccccc1-c1csc2ccccc12. The number of fused-ring (bicyclic) bond motifs is 1. The average Bonchev–Trinajstić information content (AvgIpc) is 2.82. The molecule has 1 aromatic heterocycles. The maximum absolute atomic E-state index is 11.1. The Hall–Kier alpha value is -1.93. The van der Waals surface area contributed by atoms with Crippen molar-refractivity contribution >= 4 is 27.7 Å². The molecule has 0 saturated heterocycles. The van der Waals surface area contributed by atoms with Gasteiger partial charge in [-0.25, -0.2) is 0 Å². The highest BCUT2D eigenvalue weighted by molar-refractivity contribution is 7.17. The number of carbonyl (C=O) groups excluding carboxylic acids is 1. The number of benzene rings is 2. The second kappa shape index (κ2) is 4.15. The first kappa shape index (κ1) is 10.2. The van der Waals surface area contributed by atoms with Crippen molar-refractivity contribution in [3.8, 4) is 11.1 Å². The van der Waals surface area contributed by atoms with Gasteiger partial charge in [0, 0.05) is 21.2 Å². The number of aldehydes is 1. The molecule has 3 aromatic rings. The number of thiophene rings is 1. The van der Waals surface area contributed by atoms with Crippen LogP contribution >= 0.6 is 11.3 Å². The normalized spacial score (nSPS) is 10.6. The Kier molecular flexibility index (Phi) is 2.50. The van der Waals surface area contributed by atoms with Crippen LogP contribution in [0.4, 0.5) is 0 Å².